The van der Waals surface area contributed by atoms with Crippen molar-refractivity contribution in [3.05, 3.63) is 29.6 Å². The minimum Gasteiger partial charge on any atom is -0.480 e. The molecule has 0 saturated carbocycles. The smallest absolute Gasteiger partial charge is 0.323 e. The highest BCUT2D eigenvalue weighted by molar-refractivity contribution is 5.77. The minimum atomic E-state index is -0.874. The van der Waals surface area contributed by atoms with E-state index in [4.69, 9.17) is 0 Å². The summed E-state index contributed by atoms with van der Waals surface area (Å²) in [5.41, 5.74) is 1.13. The van der Waals surface area contributed by atoms with Gasteiger partial charge in [-0.3, -0.25) is 14.7 Å². The number of aromatic nitrogens is 1. The molecule has 1 aromatic rings. The van der Waals surface area contributed by atoms with Gasteiger partial charge in [-0.1, -0.05) is 13.0 Å². The van der Waals surface area contributed by atoms with E-state index in [0.29, 0.717) is 13.1 Å². The number of carboxylic acid groups (broad SMARTS) is 1. The average molecular weight is 236 g/mol. The van der Waals surface area contributed by atoms with E-state index in [1.54, 1.807) is 20.0 Å². The van der Waals surface area contributed by atoms with E-state index in [-0.39, 0.29) is 0 Å². The van der Waals surface area contributed by atoms with E-state index in [1.807, 2.05) is 30.9 Å². The van der Waals surface area contributed by atoms with E-state index in [2.05, 4.69) is 4.98 Å². The number of likely N-dealkylation sites (N-methyl/N-ethyl adjacent to an activating group) is 1. The zero-order valence-corrected chi connectivity index (χ0v) is 10.9. The van der Waals surface area contributed by atoms with Gasteiger partial charge in [0, 0.05) is 12.7 Å². The third-order valence-electron chi connectivity index (χ3n) is 3.02. The second kappa shape index (κ2) is 5.27. The molecule has 1 rings (SSSR count). The maximum atomic E-state index is 11.2. The summed E-state index contributed by atoms with van der Waals surface area (Å²) in [7, 11) is 0. The van der Waals surface area contributed by atoms with Crippen molar-refractivity contribution in [1.29, 1.82) is 0 Å². The van der Waals surface area contributed by atoms with Gasteiger partial charge in [0.2, 0.25) is 0 Å². The maximum Gasteiger partial charge on any atom is 0.323 e. The molecule has 0 spiro atoms. The van der Waals surface area contributed by atoms with E-state index in [1.165, 1.54) is 0 Å². The second-order valence-corrected chi connectivity index (χ2v) is 4.71. The van der Waals surface area contributed by atoms with Gasteiger partial charge in [0.1, 0.15) is 5.54 Å². The topological polar surface area (TPSA) is 53.4 Å². The monoisotopic (exact) mass is 236 g/mol. The number of rotatable bonds is 5. The van der Waals surface area contributed by atoms with Gasteiger partial charge >= 0.3 is 5.97 Å². The van der Waals surface area contributed by atoms with Gasteiger partial charge in [0.15, 0.2) is 0 Å². The van der Waals surface area contributed by atoms with Crippen LogP contribution >= 0.6 is 0 Å². The zero-order chi connectivity index (χ0) is 13.1. The van der Waals surface area contributed by atoms with Crippen molar-refractivity contribution in [3.8, 4) is 0 Å². The van der Waals surface area contributed by atoms with Gasteiger partial charge in [-0.15, -0.1) is 0 Å². The Bertz CT molecular complexity index is 385. The summed E-state index contributed by atoms with van der Waals surface area (Å²) >= 11 is 0. The van der Waals surface area contributed by atoms with E-state index >= 15 is 0 Å². The third kappa shape index (κ3) is 3.27. The summed E-state index contributed by atoms with van der Waals surface area (Å²) in [6.45, 7) is 8.60. The lowest BCUT2D eigenvalue weighted by atomic mass is 10.0. The van der Waals surface area contributed by atoms with Gasteiger partial charge in [-0.2, -0.15) is 0 Å². The van der Waals surface area contributed by atoms with Gasteiger partial charge in [0.05, 0.1) is 5.69 Å². The van der Waals surface area contributed by atoms with Crippen LogP contribution in [0.3, 0.4) is 0 Å². The van der Waals surface area contributed by atoms with Crippen molar-refractivity contribution in [2.45, 2.75) is 39.8 Å². The fourth-order valence-corrected chi connectivity index (χ4v) is 1.63. The average Bonchev–Trinajstić information content (AvgIpc) is 2.27. The first-order valence-corrected chi connectivity index (χ1v) is 5.78. The van der Waals surface area contributed by atoms with Gasteiger partial charge in [-0.05, 0) is 38.9 Å². The van der Waals surface area contributed by atoms with Gasteiger partial charge < -0.3 is 5.11 Å². The quantitative estimate of drug-likeness (QED) is 0.850. The molecule has 0 bridgehead atoms. The van der Waals surface area contributed by atoms with Gasteiger partial charge in [-0.25, -0.2) is 0 Å². The molecule has 4 nitrogen and oxygen atoms in total. The highest BCUT2D eigenvalue weighted by Crippen LogP contribution is 2.17. The van der Waals surface area contributed by atoms with Crippen molar-refractivity contribution in [3.63, 3.8) is 0 Å². The molecule has 0 radical (unpaired) electrons. The highest BCUT2D eigenvalue weighted by Gasteiger charge is 2.33. The molecule has 4 heteroatoms. The van der Waals surface area contributed by atoms with Crippen LogP contribution in [-0.2, 0) is 11.3 Å². The lowest BCUT2D eigenvalue weighted by Crippen LogP contribution is -2.49. The fourth-order valence-electron chi connectivity index (χ4n) is 1.63. The summed E-state index contributed by atoms with van der Waals surface area (Å²) < 4.78 is 0. The van der Waals surface area contributed by atoms with Crippen LogP contribution in [0.15, 0.2) is 18.3 Å². The first-order valence-electron chi connectivity index (χ1n) is 5.78. The Balaban J connectivity index is 2.83. The lowest BCUT2D eigenvalue weighted by Gasteiger charge is -2.33. The molecule has 1 aromatic heterocycles. The van der Waals surface area contributed by atoms with Crippen LogP contribution in [0.2, 0.25) is 0 Å². The molecule has 17 heavy (non-hydrogen) atoms. The van der Waals surface area contributed by atoms with Crippen molar-refractivity contribution in [2.75, 3.05) is 6.54 Å². The van der Waals surface area contributed by atoms with Crippen LogP contribution in [0.1, 0.15) is 32.0 Å². The van der Waals surface area contributed by atoms with Crippen LogP contribution in [0.25, 0.3) is 0 Å². The van der Waals surface area contributed by atoms with Crippen LogP contribution in [0, 0.1) is 6.92 Å². The fraction of sp³-hybridized carbons (Fsp3) is 0.538. The minimum absolute atomic E-state index is 0.552. The van der Waals surface area contributed by atoms with E-state index in [0.717, 1.165) is 11.3 Å². The summed E-state index contributed by atoms with van der Waals surface area (Å²) in [6, 6.07) is 3.93. The number of carboxylic acids is 1. The zero-order valence-electron chi connectivity index (χ0n) is 10.9. The third-order valence-corrected chi connectivity index (χ3v) is 3.02. The number of carbonyl (C=O) groups is 1. The Hall–Kier alpha value is -1.42. The molecular weight excluding hydrogens is 216 g/mol. The molecule has 0 amide bonds. The molecule has 0 aromatic carbocycles. The number of hydrogen-bond donors (Lipinski definition) is 1. The van der Waals surface area contributed by atoms with Crippen LogP contribution in [0.5, 0.6) is 0 Å². The molecule has 94 valence electrons. The number of pyridine rings is 1. The summed E-state index contributed by atoms with van der Waals surface area (Å²) in [5.74, 6) is -0.813. The van der Waals surface area contributed by atoms with Crippen molar-refractivity contribution < 1.29 is 9.90 Å². The maximum absolute atomic E-state index is 11.2. The SMILES string of the molecule is CCN(Cc1ccc(C)cn1)C(C)(C)C(=O)O. The van der Waals surface area contributed by atoms with Gasteiger partial charge in [0.25, 0.3) is 0 Å². The predicted molar refractivity (Wildman–Crippen MR) is 66.8 cm³/mol. The summed E-state index contributed by atoms with van der Waals surface area (Å²) in [5, 5.41) is 9.20. The standard InChI is InChI=1S/C13H20N2O2/c1-5-15(13(3,4)12(16)17)9-11-7-6-10(2)8-14-11/h6-8H,5,9H2,1-4H3,(H,16,17). The summed E-state index contributed by atoms with van der Waals surface area (Å²) in [6.07, 6.45) is 1.80. The molecule has 1 N–H and O–H groups in total. The molecule has 0 fully saturated rings. The van der Waals surface area contributed by atoms with Crippen LogP contribution < -0.4 is 0 Å². The Kier molecular flexibility index (Phi) is 4.23. The predicted octanol–water partition coefficient (Wildman–Crippen LogP) is 2.08. The molecule has 0 aliphatic heterocycles. The lowest BCUT2D eigenvalue weighted by molar-refractivity contribution is -0.149. The van der Waals surface area contributed by atoms with Crippen molar-refractivity contribution in [2.24, 2.45) is 0 Å². The van der Waals surface area contributed by atoms with E-state index in [9.17, 15) is 9.90 Å². The number of aryl methyl sites for hydroxylation is 1. The Labute approximate surface area is 102 Å². The number of aliphatic carboxylic acids is 1. The first-order chi connectivity index (χ1) is 7.87. The Morgan fingerprint density at radius 2 is 2.12 bits per heavy atom. The summed E-state index contributed by atoms with van der Waals surface area (Å²) in [4.78, 5) is 17.4. The van der Waals surface area contributed by atoms with E-state index < -0.39 is 11.5 Å². The Morgan fingerprint density at radius 3 is 2.53 bits per heavy atom. The molecule has 0 atom stereocenters. The highest BCUT2D eigenvalue weighted by atomic mass is 16.4. The van der Waals surface area contributed by atoms with Crippen LogP contribution in [-0.4, -0.2) is 33.0 Å². The molecule has 1 heterocycles. The first kappa shape index (κ1) is 13.6. The molecule has 0 aliphatic carbocycles. The molecule has 0 unspecified atom stereocenters. The van der Waals surface area contributed by atoms with Crippen LogP contribution in [0.4, 0.5) is 0 Å². The van der Waals surface area contributed by atoms with Crippen molar-refractivity contribution >= 4 is 5.97 Å². The normalized spacial score (nSPS) is 11.8. The molecule has 0 saturated heterocycles. The Morgan fingerprint density at radius 1 is 1.47 bits per heavy atom. The molecule has 0 aliphatic rings. The number of hydrogen-bond acceptors (Lipinski definition) is 3. The molecular formula is C13H20N2O2. The van der Waals surface area contributed by atoms with Crippen molar-refractivity contribution in [1.82, 2.24) is 9.88 Å². The number of nitrogens with zero attached hydrogens (tertiary/aromatic N) is 2. The second-order valence-electron chi connectivity index (χ2n) is 4.71. The largest absolute Gasteiger partial charge is 0.480 e.